The van der Waals surface area contributed by atoms with Gasteiger partial charge in [0.25, 0.3) is 11.7 Å². The number of benzene rings is 3. The van der Waals surface area contributed by atoms with Crippen LogP contribution in [0.5, 0.6) is 11.5 Å². The summed E-state index contributed by atoms with van der Waals surface area (Å²) in [5.74, 6) is -1.25. The lowest BCUT2D eigenvalue weighted by atomic mass is 10.1. The third-order valence-corrected chi connectivity index (χ3v) is 9.38. The van der Waals surface area contributed by atoms with Crippen molar-refractivity contribution in [3.8, 4) is 11.5 Å². The Morgan fingerprint density at radius 3 is 2.46 bits per heavy atom. The standard InChI is InChI=1S/C29H30N2O7S/c32-23-11-9-21(10-12-23)19-30-27-14-13-25(18-26(27)29(28(30)33)37-16-5-17-38-29)39(34,35)31-15-4-6-22(31)20-36-24-7-2-1-3-8-24/h1-3,7-14,18,22,32H,4-6,15-17,19-20H2/t22-/m0/s1. The minimum absolute atomic E-state index is 0.0873. The summed E-state index contributed by atoms with van der Waals surface area (Å²) in [6.45, 7) is 1.51. The number of rotatable bonds is 7. The molecule has 3 aliphatic rings. The highest BCUT2D eigenvalue weighted by atomic mass is 32.2. The van der Waals surface area contributed by atoms with Gasteiger partial charge in [-0.25, -0.2) is 8.42 Å². The first-order valence-electron chi connectivity index (χ1n) is 13.1. The molecule has 0 saturated carbocycles. The number of sulfonamides is 1. The Balaban J connectivity index is 1.32. The van der Waals surface area contributed by atoms with Gasteiger partial charge in [0.15, 0.2) is 0 Å². The van der Waals surface area contributed by atoms with Gasteiger partial charge in [-0.15, -0.1) is 0 Å². The maximum absolute atomic E-state index is 13.9. The maximum Gasteiger partial charge on any atom is 0.292 e. The molecule has 2 fully saturated rings. The van der Waals surface area contributed by atoms with E-state index >= 15 is 0 Å². The summed E-state index contributed by atoms with van der Waals surface area (Å²) in [4.78, 5) is 15.4. The largest absolute Gasteiger partial charge is 0.508 e. The van der Waals surface area contributed by atoms with Crippen LogP contribution < -0.4 is 9.64 Å². The second-order valence-electron chi connectivity index (χ2n) is 9.94. The van der Waals surface area contributed by atoms with Crippen molar-refractivity contribution in [2.24, 2.45) is 0 Å². The van der Waals surface area contributed by atoms with Crippen molar-refractivity contribution >= 4 is 21.6 Å². The molecule has 3 aliphatic heterocycles. The molecule has 204 valence electrons. The van der Waals surface area contributed by atoms with Crippen LogP contribution in [0.15, 0.2) is 77.7 Å². The summed E-state index contributed by atoms with van der Waals surface area (Å²) >= 11 is 0. The highest BCUT2D eigenvalue weighted by Gasteiger charge is 2.55. The van der Waals surface area contributed by atoms with E-state index in [0.29, 0.717) is 49.6 Å². The number of amides is 1. The second-order valence-corrected chi connectivity index (χ2v) is 11.8. The van der Waals surface area contributed by atoms with Crippen molar-refractivity contribution in [2.45, 2.75) is 42.5 Å². The summed E-state index contributed by atoms with van der Waals surface area (Å²) in [5.41, 5.74) is 1.73. The number of ether oxygens (including phenoxy) is 3. The average molecular weight is 551 g/mol. The van der Waals surface area contributed by atoms with Crippen LogP contribution in [-0.4, -0.2) is 56.1 Å². The fourth-order valence-corrected chi connectivity index (χ4v) is 7.17. The van der Waals surface area contributed by atoms with E-state index in [1.165, 1.54) is 10.4 Å². The van der Waals surface area contributed by atoms with Gasteiger partial charge in [0, 0.05) is 12.1 Å². The minimum Gasteiger partial charge on any atom is -0.508 e. The van der Waals surface area contributed by atoms with Gasteiger partial charge in [-0.2, -0.15) is 4.31 Å². The lowest BCUT2D eigenvalue weighted by Crippen LogP contribution is -2.47. The summed E-state index contributed by atoms with van der Waals surface area (Å²) in [6, 6.07) is 20.4. The van der Waals surface area contributed by atoms with Crippen molar-refractivity contribution in [3.63, 3.8) is 0 Å². The summed E-state index contributed by atoms with van der Waals surface area (Å²) in [5, 5.41) is 9.64. The summed E-state index contributed by atoms with van der Waals surface area (Å²) < 4.78 is 47.1. The van der Waals surface area contributed by atoms with Gasteiger partial charge in [-0.1, -0.05) is 30.3 Å². The Hall–Kier alpha value is -3.44. The van der Waals surface area contributed by atoms with E-state index in [1.54, 1.807) is 41.3 Å². The van der Waals surface area contributed by atoms with E-state index in [2.05, 4.69) is 0 Å². The van der Waals surface area contributed by atoms with Crippen LogP contribution in [0.1, 0.15) is 30.4 Å². The molecule has 0 aliphatic carbocycles. The molecule has 39 heavy (non-hydrogen) atoms. The number of phenols is 1. The molecule has 3 aromatic carbocycles. The summed E-state index contributed by atoms with van der Waals surface area (Å²) in [6.07, 6.45) is 2.07. The molecular weight excluding hydrogens is 520 g/mol. The van der Waals surface area contributed by atoms with E-state index in [9.17, 15) is 18.3 Å². The Morgan fingerprint density at radius 2 is 1.72 bits per heavy atom. The maximum atomic E-state index is 13.9. The number of nitrogens with zero attached hydrogens (tertiary/aromatic N) is 2. The third-order valence-electron chi connectivity index (χ3n) is 7.43. The lowest BCUT2D eigenvalue weighted by Gasteiger charge is -2.32. The quantitative estimate of drug-likeness (QED) is 0.478. The van der Waals surface area contributed by atoms with Gasteiger partial charge in [0.2, 0.25) is 10.0 Å². The van der Waals surface area contributed by atoms with Crippen molar-refractivity contribution < 1.29 is 32.5 Å². The number of phenolic OH excluding ortho intramolecular Hbond substituents is 1. The van der Waals surface area contributed by atoms with Crippen LogP contribution in [-0.2, 0) is 36.6 Å². The minimum atomic E-state index is -3.88. The number of hydrogen-bond acceptors (Lipinski definition) is 7. The lowest BCUT2D eigenvalue weighted by molar-refractivity contribution is -0.256. The van der Waals surface area contributed by atoms with E-state index in [1.807, 2.05) is 30.3 Å². The molecule has 6 rings (SSSR count). The fraction of sp³-hybridized carbons (Fsp3) is 0.345. The second kappa shape index (κ2) is 10.3. The molecule has 1 N–H and O–H groups in total. The molecule has 10 heteroatoms. The van der Waals surface area contributed by atoms with Gasteiger partial charge in [-0.05, 0) is 67.3 Å². The molecule has 3 heterocycles. The molecule has 0 aromatic heterocycles. The number of hydrogen-bond donors (Lipinski definition) is 1. The Kier molecular flexibility index (Phi) is 6.80. The monoisotopic (exact) mass is 550 g/mol. The van der Waals surface area contributed by atoms with E-state index < -0.39 is 21.7 Å². The normalized spacial score (nSPS) is 20.9. The first-order valence-corrected chi connectivity index (χ1v) is 14.5. The van der Waals surface area contributed by atoms with E-state index in [4.69, 9.17) is 14.2 Å². The van der Waals surface area contributed by atoms with Crippen LogP contribution in [0.4, 0.5) is 5.69 Å². The fourth-order valence-electron chi connectivity index (χ4n) is 5.47. The zero-order valence-corrected chi connectivity index (χ0v) is 22.2. The predicted octanol–water partition coefficient (Wildman–Crippen LogP) is 3.76. The first kappa shape index (κ1) is 25.8. The van der Waals surface area contributed by atoms with Crippen molar-refractivity contribution in [1.29, 1.82) is 0 Å². The topological polar surface area (TPSA) is 106 Å². The van der Waals surface area contributed by atoms with Crippen molar-refractivity contribution in [2.75, 3.05) is 31.3 Å². The summed E-state index contributed by atoms with van der Waals surface area (Å²) in [7, 11) is -3.88. The van der Waals surface area contributed by atoms with Gasteiger partial charge in [0.05, 0.1) is 36.4 Å². The Labute approximate surface area is 227 Å². The van der Waals surface area contributed by atoms with Gasteiger partial charge in [-0.3, -0.25) is 4.79 Å². The third kappa shape index (κ3) is 4.67. The van der Waals surface area contributed by atoms with Gasteiger partial charge in [0.1, 0.15) is 18.1 Å². The molecule has 1 atom stereocenters. The molecule has 3 aromatic rings. The van der Waals surface area contributed by atoms with Crippen LogP contribution in [0, 0.1) is 0 Å². The van der Waals surface area contributed by atoms with Crippen LogP contribution in [0.25, 0.3) is 0 Å². The highest BCUT2D eigenvalue weighted by molar-refractivity contribution is 7.89. The predicted molar refractivity (Wildman–Crippen MR) is 143 cm³/mol. The zero-order chi connectivity index (χ0) is 27.0. The molecule has 0 radical (unpaired) electrons. The number of anilines is 1. The van der Waals surface area contributed by atoms with Gasteiger partial charge >= 0.3 is 0 Å². The van der Waals surface area contributed by atoms with Crippen molar-refractivity contribution in [3.05, 3.63) is 83.9 Å². The Morgan fingerprint density at radius 1 is 0.974 bits per heavy atom. The molecule has 1 amide bonds. The molecular formula is C29H30N2O7S. The number of carbonyl (C=O) groups is 1. The SMILES string of the molecule is O=C1N(Cc2ccc(O)cc2)c2ccc(S(=O)(=O)N3CCC[C@H]3COc3ccccc3)cc2C12OCCCO2. The average Bonchev–Trinajstić information content (AvgIpc) is 3.53. The van der Waals surface area contributed by atoms with Crippen molar-refractivity contribution in [1.82, 2.24) is 4.31 Å². The van der Waals surface area contributed by atoms with Crippen LogP contribution in [0.2, 0.25) is 0 Å². The highest BCUT2D eigenvalue weighted by Crippen LogP contribution is 2.47. The molecule has 0 bridgehead atoms. The smallest absolute Gasteiger partial charge is 0.292 e. The van der Waals surface area contributed by atoms with Gasteiger partial charge < -0.3 is 24.2 Å². The molecule has 9 nitrogen and oxygen atoms in total. The number of para-hydroxylation sites is 1. The first-order chi connectivity index (χ1) is 18.9. The van der Waals surface area contributed by atoms with E-state index in [0.717, 1.165) is 12.0 Å². The zero-order valence-electron chi connectivity index (χ0n) is 21.4. The molecule has 2 saturated heterocycles. The number of aromatic hydroxyl groups is 1. The van der Waals surface area contributed by atoms with Crippen LogP contribution in [0.3, 0.4) is 0 Å². The molecule has 0 unspecified atom stereocenters. The number of fused-ring (bicyclic) bond motifs is 2. The van der Waals surface area contributed by atoms with Crippen LogP contribution >= 0.6 is 0 Å². The Bertz CT molecular complexity index is 1450. The number of carbonyl (C=O) groups excluding carboxylic acids is 1. The molecule has 1 spiro atoms. The van der Waals surface area contributed by atoms with E-state index in [-0.39, 0.29) is 29.8 Å².